The van der Waals surface area contributed by atoms with Crippen molar-refractivity contribution in [2.24, 2.45) is 0 Å². The molecular formula is C23H24N2O2. The van der Waals surface area contributed by atoms with Crippen LogP contribution in [0, 0.1) is 13.8 Å². The number of para-hydroxylation sites is 1. The van der Waals surface area contributed by atoms with Gasteiger partial charge >= 0.3 is 6.03 Å². The fourth-order valence-corrected chi connectivity index (χ4v) is 3.08. The molecule has 0 radical (unpaired) electrons. The number of aryl methyl sites for hydroxylation is 2. The molecule has 27 heavy (non-hydrogen) atoms. The van der Waals surface area contributed by atoms with E-state index in [1.54, 1.807) is 0 Å². The number of aliphatic hydroxyl groups excluding tert-OH is 1. The molecule has 0 saturated heterocycles. The molecule has 4 heteroatoms. The van der Waals surface area contributed by atoms with Crippen LogP contribution in [0.5, 0.6) is 0 Å². The third-order valence-corrected chi connectivity index (χ3v) is 4.47. The normalized spacial score (nSPS) is 10.5. The smallest absolute Gasteiger partial charge is 0.323 e. The third kappa shape index (κ3) is 4.74. The Morgan fingerprint density at radius 3 is 2.56 bits per heavy atom. The van der Waals surface area contributed by atoms with Crippen LogP contribution in [0.1, 0.15) is 16.7 Å². The Kier molecular flexibility index (Phi) is 5.89. The Bertz CT molecular complexity index is 951. The lowest BCUT2D eigenvalue weighted by atomic mass is 9.98. The standard InChI is InChI=1S/C23H24N2O2/c1-16-10-11-17(2)21(14-16)19-7-5-8-20(15-19)24-23(27)25-22-9-4-3-6-18(22)12-13-26/h3-11,14-15,26H,12-13H2,1-2H3,(H2,24,25,27). The number of benzene rings is 3. The highest BCUT2D eigenvalue weighted by molar-refractivity contribution is 6.00. The molecule has 2 amide bonds. The maximum Gasteiger partial charge on any atom is 0.323 e. The van der Waals surface area contributed by atoms with E-state index in [0.29, 0.717) is 12.1 Å². The molecule has 0 aliphatic rings. The van der Waals surface area contributed by atoms with Gasteiger partial charge in [0.15, 0.2) is 0 Å². The van der Waals surface area contributed by atoms with E-state index >= 15 is 0 Å². The van der Waals surface area contributed by atoms with Crippen LogP contribution < -0.4 is 10.6 Å². The Balaban J connectivity index is 1.77. The fourth-order valence-electron chi connectivity index (χ4n) is 3.08. The van der Waals surface area contributed by atoms with Gasteiger partial charge in [-0.25, -0.2) is 4.79 Å². The number of hydrogen-bond donors (Lipinski definition) is 3. The van der Waals surface area contributed by atoms with Gasteiger partial charge in [-0.05, 0) is 60.7 Å². The molecule has 0 heterocycles. The van der Waals surface area contributed by atoms with E-state index < -0.39 is 0 Å². The molecule has 3 aromatic rings. The van der Waals surface area contributed by atoms with E-state index in [9.17, 15) is 4.79 Å². The van der Waals surface area contributed by atoms with E-state index in [1.807, 2.05) is 48.5 Å². The van der Waals surface area contributed by atoms with Crippen molar-refractivity contribution in [1.29, 1.82) is 0 Å². The molecule has 3 N–H and O–H groups in total. The van der Waals surface area contributed by atoms with Gasteiger partial charge in [-0.15, -0.1) is 0 Å². The highest BCUT2D eigenvalue weighted by Gasteiger charge is 2.08. The van der Waals surface area contributed by atoms with E-state index in [1.165, 1.54) is 11.1 Å². The van der Waals surface area contributed by atoms with Crippen LogP contribution in [-0.2, 0) is 6.42 Å². The van der Waals surface area contributed by atoms with E-state index in [-0.39, 0.29) is 12.6 Å². The summed E-state index contributed by atoms with van der Waals surface area (Å²) < 4.78 is 0. The van der Waals surface area contributed by atoms with E-state index in [4.69, 9.17) is 5.11 Å². The van der Waals surface area contributed by atoms with Gasteiger partial charge in [-0.1, -0.05) is 54.1 Å². The summed E-state index contributed by atoms with van der Waals surface area (Å²) in [5, 5.41) is 14.9. The van der Waals surface area contributed by atoms with Crippen molar-refractivity contribution in [3.63, 3.8) is 0 Å². The maximum absolute atomic E-state index is 12.4. The molecule has 0 spiro atoms. The Hall–Kier alpha value is -3.11. The molecule has 0 saturated carbocycles. The first-order valence-electron chi connectivity index (χ1n) is 9.01. The van der Waals surface area contributed by atoms with Gasteiger partial charge in [0, 0.05) is 18.0 Å². The minimum Gasteiger partial charge on any atom is -0.396 e. The van der Waals surface area contributed by atoms with Gasteiger partial charge in [0.25, 0.3) is 0 Å². The van der Waals surface area contributed by atoms with Crippen molar-refractivity contribution < 1.29 is 9.90 Å². The topological polar surface area (TPSA) is 61.4 Å². The van der Waals surface area contributed by atoms with Gasteiger partial charge in [0.05, 0.1) is 0 Å². The Morgan fingerprint density at radius 2 is 1.74 bits per heavy atom. The highest BCUT2D eigenvalue weighted by atomic mass is 16.3. The molecular weight excluding hydrogens is 336 g/mol. The van der Waals surface area contributed by atoms with E-state index in [0.717, 1.165) is 22.4 Å². The second-order valence-corrected chi connectivity index (χ2v) is 6.61. The Morgan fingerprint density at radius 1 is 0.926 bits per heavy atom. The van der Waals surface area contributed by atoms with Gasteiger partial charge in [0.1, 0.15) is 0 Å². The van der Waals surface area contributed by atoms with Crippen LogP contribution in [0.3, 0.4) is 0 Å². The minimum absolute atomic E-state index is 0.0399. The summed E-state index contributed by atoms with van der Waals surface area (Å²) in [5.74, 6) is 0. The summed E-state index contributed by atoms with van der Waals surface area (Å²) in [7, 11) is 0. The molecule has 0 aliphatic carbocycles. The molecule has 3 aromatic carbocycles. The van der Waals surface area contributed by atoms with Crippen molar-refractivity contribution in [3.05, 3.63) is 83.4 Å². The zero-order valence-electron chi connectivity index (χ0n) is 15.6. The largest absolute Gasteiger partial charge is 0.396 e. The van der Waals surface area contributed by atoms with Crippen LogP contribution in [0.15, 0.2) is 66.7 Å². The van der Waals surface area contributed by atoms with Crippen molar-refractivity contribution >= 4 is 17.4 Å². The van der Waals surface area contributed by atoms with Crippen LogP contribution in [0.25, 0.3) is 11.1 Å². The van der Waals surface area contributed by atoms with Gasteiger partial charge < -0.3 is 15.7 Å². The second-order valence-electron chi connectivity index (χ2n) is 6.61. The molecule has 0 unspecified atom stereocenters. The molecule has 0 atom stereocenters. The van der Waals surface area contributed by atoms with Gasteiger partial charge in [-0.2, -0.15) is 0 Å². The zero-order valence-corrected chi connectivity index (χ0v) is 15.6. The highest BCUT2D eigenvalue weighted by Crippen LogP contribution is 2.27. The quantitative estimate of drug-likeness (QED) is 0.589. The number of carbonyl (C=O) groups excluding carboxylic acids is 1. The van der Waals surface area contributed by atoms with Gasteiger partial charge in [0.2, 0.25) is 0 Å². The van der Waals surface area contributed by atoms with Crippen molar-refractivity contribution in [1.82, 2.24) is 0 Å². The lowest BCUT2D eigenvalue weighted by molar-refractivity contribution is 0.262. The number of amides is 2. The predicted molar refractivity (Wildman–Crippen MR) is 111 cm³/mol. The molecule has 138 valence electrons. The molecule has 0 fully saturated rings. The summed E-state index contributed by atoms with van der Waals surface area (Å²) in [4.78, 5) is 12.4. The maximum atomic E-state index is 12.4. The van der Waals surface area contributed by atoms with Crippen molar-refractivity contribution in [2.75, 3.05) is 17.2 Å². The molecule has 0 aromatic heterocycles. The first kappa shape index (κ1) is 18.7. The summed E-state index contributed by atoms with van der Waals surface area (Å²) in [5.41, 5.74) is 6.95. The average Bonchev–Trinajstić information content (AvgIpc) is 2.65. The van der Waals surface area contributed by atoms with Gasteiger partial charge in [-0.3, -0.25) is 0 Å². The number of urea groups is 1. The van der Waals surface area contributed by atoms with Crippen LogP contribution in [0.4, 0.5) is 16.2 Å². The van der Waals surface area contributed by atoms with Crippen LogP contribution in [-0.4, -0.2) is 17.7 Å². The Labute approximate surface area is 159 Å². The monoisotopic (exact) mass is 360 g/mol. The SMILES string of the molecule is Cc1ccc(C)c(-c2cccc(NC(=O)Nc3ccccc3CCO)c2)c1. The zero-order chi connectivity index (χ0) is 19.2. The number of hydrogen-bond acceptors (Lipinski definition) is 2. The number of carbonyl (C=O) groups is 1. The average molecular weight is 360 g/mol. The summed E-state index contributed by atoms with van der Waals surface area (Å²) >= 11 is 0. The number of rotatable bonds is 5. The van der Waals surface area contributed by atoms with E-state index in [2.05, 4.69) is 42.7 Å². The van der Waals surface area contributed by atoms with Crippen molar-refractivity contribution in [2.45, 2.75) is 20.3 Å². The summed E-state index contributed by atoms with van der Waals surface area (Å²) in [6, 6.07) is 21.3. The molecule has 0 bridgehead atoms. The minimum atomic E-state index is -0.307. The molecule has 4 nitrogen and oxygen atoms in total. The third-order valence-electron chi connectivity index (χ3n) is 4.47. The second kappa shape index (κ2) is 8.52. The number of aliphatic hydroxyl groups is 1. The van der Waals surface area contributed by atoms with Crippen molar-refractivity contribution in [3.8, 4) is 11.1 Å². The lowest BCUT2D eigenvalue weighted by Gasteiger charge is -2.13. The van der Waals surface area contributed by atoms with Crippen LogP contribution in [0.2, 0.25) is 0 Å². The van der Waals surface area contributed by atoms with Crippen LogP contribution >= 0.6 is 0 Å². The fraction of sp³-hybridized carbons (Fsp3) is 0.174. The number of nitrogens with one attached hydrogen (secondary N) is 2. The number of anilines is 2. The lowest BCUT2D eigenvalue weighted by Crippen LogP contribution is -2.20. The first-order valence-corrected chi connectivity index (χ1v) is 9.01. The molecule has 3 rings (SSSR count). The first-order chi connectivity index (χ1) is 13.1. The summed E-state index contributed by atoms with van der Waals surface area (Å²) in [6.07, 6.45) is 0.499. The predicted octanol–water partition coefficient (Wildman–Crippen LogP) is 5.15. The summed E-state index contributed by atoms with van der Waals surface area (Å²) in [6.45, 7) is 4.19. The molecule has 0 aliphatic heterocycles.